The van der Waals surface area contributed by atoms with Crippen LogP contribution in [-0.4, -0.2) is 25.7 Å². The van der Waals surface area contributed by atoms with Crippen molar-refractivity contribution in [3.8, 4) is 0 Å². The highest BCUT2D eigenvalue weighted by Crippen LogP contribution is 2.22. The Morgan fingerprint density at radius 2 is 1.82 bits per heavy atom. The summed E-state index contributed by atoms with van der Waals surface area (Å²) in [7, 11) is 0. The molecule has 0 radical (unpaired) electrons. The molecule has 0 fully saturated rings. The minimum Gasteiger partial charge on any atom is -0.298 e. The third-order valence-corrected chi connectivity index (χ3v) is 5.21. The minimum absolute atomic E-state index is 0.163. The Labute approximate surface area is 166 Å². The van der Waals surface area contributed by atoms with Gasteiger partial charge in [0.1, 0.15) is 12.7 Å². The molecule has 4 aromatic rings. The summed E-state index contributed by atoms with van der Waals surface area (Å²) >= 11 is 1.50. The number of carbonyl (C=O) groups excluding carboxylic acids is 1. The monoisotopic (exact) mass is 389 g/mol. The molecule has 2 aromatic carbocycles. The molecule has 2 aromatic heterocycles. The largest absolute Gasteiger partial charge is 0.298 e. The predicted octanol–water partition coefficient (Wildman–Crippen LogP) is 3.93. The zero-order valence-corrected chi connectivity index (χ0v) is 16.2. The maximum absolute atomic E-state index is 12.5. The van der Waals surface area contributed by atoms with E-state index in [0.717, 1.165) is 16.9 Å². The van der Waals surface area contributed by atoms with Gasteiger partial charge in [-0.25, -0.2) is 14.6 Å². The summed E-state index contributed by atoms with van der Waals surface area (Å²) in [6.45, 7) is 2.70. The molecule has 1 N–H and O–H groups in total. The molecule has 6 nitrogen and oxygen atoms in total. The van der Waals surface area contributed by atoms with Crippen molar-refractivity contribution in [3.05, 3.63) is 94.5 Å². The van der Waals surface area contributed by atoms with Gasteiger partial charge in [0.2, 0.25) is 0 Å². The van der Waals surface area contributed by atoms with Gasteiger partial charge in [-0.1, -0.05) is 42.0 Å². The van der Waals surface area contributed by atoms with E-state index in [1.165, 1.54) is 28.8 Å². The van der Waals surface area contributed by atoms with Gasteiger partial charge in [-0.2, -0.15) is 5.10 Å². The predicted molar refractivity (Wildman–Crippen MR) is 110 cm³/mol. The Kier molecular flexibility index (Phi) is 5.25. The highest BCUT2D eigenvalue weighted by molar-refractivity contribution is 7.15. The van der Waals surface area contributed by atoms with Crippen LogP contribution < -0.4 is 5.32 Å². The van der Waals surface area contributed by atoms with Gasteiger partial charge in [0.05, 0.1) is 6.54 Å². The fourth-order valence-electron chi connectivity index (χ4n) is 2.79. The van der Waals surface area contributed by atoms with E-state index in [-0.39, 0.29) is 5.91 Å². The van der Waals surface area contributed by atoms with Crippen LogP contribution in [0.4, 0.5) is 5.13 Å². The summed E-state index contributed by atoms with van der Waals surface area (Å²) in [5, 5.41) is 7.57. The van der Waals surface area contributed by atoms with Crippen LogP contribution in [0.5, 0.6) is 0 Å². The molecule has 140 valence electrons. The number of thiazole rings is 1. The van der Waals surface area contributed by atoms with Gasteiger partial charge in [-0.05, 0) is 30.2 Å². The first-order chi connectivity index (χ1) is 13.7. The van der Waals surface area contributed by atoms with Gasteiger partial charge < -0.3 is 0 Å². The number of aryl methyl sites for hydroxylation is 1. The van der Waals surface area contributed by atoms with Gasteiger partial charge in [0, 0.05) is 23.1 Å². The fourth-order valence-corrected chi connectivity index (χ4v) is 3.63. The number of benzene rings is 2. The maximum atomic E-state index is 12.5. The maximum Gasteiger partial charge on any atom is 0.257 e. The van der Waals surface area contributed by atoms with E-state index in [9.17, 15) is 4.79 Å². The first-order valence-corrected chi connectivity index (χ1v) is 9.70. The summed E-state index contributed by atoms with van der Waals surface area (Å²) in [6.07, 6.45) is 5.80. The van der Waals surface area contributed by atoms with Crippen LogP contribution in [0.25, 0.3) is 0 Å². The lowest BCUT2D eigenvalue weighted by molar-refractivity contribution is 0.102. The topological polar surface area (TPSA) is 72.7 Å². The smallest absolute Gasteiger partial charge is 0.257 e. The SMILES string of the molecule is Cc1ccc(Cc2cnc(NC(=O)c3ccc(Cn4cncn4)cc3)s2)cc1. The van der Waals surface area contributed by atoms with Crippen molar-refractivity contribution < 1.29 is 4.79 Å². The number of nitrogens with zero attached hydrogens (tertiary/aromatic N) is 4. The number of nitrogens with one attached hydrogen (secondary N) is 1. The van der Waals surface area contributed by atoms with E-state index in [4.69, 9.17) is 0 Å². The second kappa shape index (κ2) is 8.14. The highest BCUT2D eigenvalue weighted by atomic mass is 32.1. The Balaban J connectivity index is 1.37. The molecule has 0 atom stereocenters. The Morgan fingerprint density at radius 3 is 2.54 bits per heavy atom. The van der Waals surface area contributed by atoms with Crippen LogP contribution in [-0.2, 0) is 13.0 Å². The van der Waals surface area contributed by atoms with Crippen LogP contribution in [0.1, 0.15) is 31.9 Å². The summed E-state index contributed by atoms with van der Waals surface area (Å²) in [4.78, 5) is 21.8. The molecular weight excluding hydrogens is 370 g/mol. The molecule has 0 spiro atoms. The second-order valence-corrected chi connectivity index (χ2v) is 7.65. The molecule has 1 amide bonds. The van der Waals surface area contributed by atoms with E-state index in [2.05, 4.69) is 51.6 Å². The molecule has 7 heteroatoms. The zero-order chi connectivity index (χ0) is 19.3. The van der Waals surface area contributed by atoms with Crippen LogP contribution in [0.3, 0.4) is 0 Å². The van der Waals surface area contributed by atoms with Crippen LogP contribution in [0, 0.1) is 6.92 Å². The van der Waals surface area contributed by atoms with E-state index < -0.39 is 0 Å². The molecule has 0 saturated carbocycles. The highest BCUT2D eigenvalue weighted by Gasteiger charge is 2.10. The van der Waals surface area contributed by atoms with E-state index >= 15 is 0 Å². The van der Waals surface area contributed by atoms with Gasteiger partial charge in [-0.15, -0.1) is 11.3 Å². The standard InChI is InChI=1S/C21H19N5OS/c1-15-2-4-16(5-3-15)10-19-11-23-21(28-19)25-20(27)18-8-6-17(7-9-18)12-26-14-22-13-24-26/h2-9,11,13-14H,10,12H2,1H3,(H,23,25,27). The van der Waals surface area contributed by atoms with E-state index in [1.54, 1.807) is 11.0 Å². The lowest BCUT2D eigenvalue weighted by Gasteiger charge is -2.04. The first kappa shape index (κ1) is 18.1. The van der Waals surface area contributed by atoms with Crippen molar-refractivity contribution in [2.24, 2.45) is 0 Å². The van der Waals surface area contributed by atoms with E-state index in [0.29, 0.717) is 17.2 Å². The lowest BCUT2D eigenvalue weighted by atomic mass is 10.1. The third-order valence-electron chi connectivity index (χ3n) is 4.30. The number of hydrogen-bond acceptors (Lipinski definition) is 5. The number of amides is 1. The fraction of sp³-hybridized carbons (Fsp3) is 0.143. The van der Waals surface area contributed by atoms with Gasteiger partial charge in [-0.3, -0.25) is 10.1 Å². The van der Waals surface area contributed by atoms with Crippen molar-refractivity contribution in [3.63, 3.8) is 0 Å². The Morgan fingerprint density at radius 1 is 1.07 bits per heavy atom. The molecule has 0 aliphatic carbocycles. The summed E-state index contributed by atoms with van der Waals surface area (Å²) in [6, 6.07) is 15.9. The van der Waals surface area contributed by atoms with Gasteiger partial charge in [0.25, 0.3) is 5.91 Å². The molecular formula is C21H19N5OS. The summed E-state index contributed by atoms with van der Waals surface area (Å²) in [5.41, 5.74) is 4.12. The number of rotatable bonds is 6. The zero-order valence-electron chi connectivity index (χ0n) is 15.4. The van der Waals surface area contributed by atoms with Crippen LogP contribution in [0.2, 0.25) is 0 Å². The average molecular weight is 389 g/mol. The average Bonchev–Trinajstić information content (AvgIpc) is 3.36. The number of anilines is 1. The lowest BCUT2D eigenvalue weighted by Crippen LogP contribution is -2.11. The van der Waals surface area contributed by atoms with Crippen molar-refractivity contribution in [2.75, 3.05) is 5.32 Å². The van der Waals surface area contributed by atoms with E-state index in [1.807, 2.05) is 30.5 Å². The van der Waals surface area contributed by atoms with Gasteiger partial charge in [0.15, 0.2) is 5.13 Å². The Bertz CT molecular complexity index is 1050. The molecule has 0 aliphatic heterocycles. The van der Waals surface area contributed by atoms with Crippen LogP contribution in [0.15, 0.2) is 67.4 Å². The van der Waals surface area contributed by atoms with Gasteiger partial charge >= 0.3 is 0 Å². The molecule has 0 aliphatic rings. The first-order valence-electron chi connectivity index (χ1n) is 8.89. The normalized spacial score (nSPS) is 10.8. The quantitative estimate of drug-likeness (QED) is 0.542. The van der Waals surface area contributed by atoms with Crippen molar-refractivity contribution >= 4 is 22.4 Å². The van der Waals surface area contributed by atoms with Crippen molar-refractivity contribution in [1.29, 1.82) is 0 Å². The molecule has 4 rings (SSSR count). The molecule has 0 bridgehead atoms. The number of aromatic nitrogens is 4. The molecule has 0 saturated heterocycles. The van der Waals surface area contributed by atoms with Crippen molar-refractivity contribution in [1.82, 2.24) is 19.7 Å². The summed E-state index contributed by atoms with van der Waals surface area (Å²) in [5.74, 6) is -0.163. The number of hydrogen-bond donors (Lipinski definition) is 1. The minimum atomic E-state index is -0.163. The second-order valence-electron chi connectivity index (χ2n) is 6.54. The summed E-state index contributed by atoms with van der Waals surface area (Å²) < 4.78 is 1.74. The molecule has 0 unspecified atom stereocenters. The third kappa shape index (κ3) is 4.50. The Hall–Kier alpha value is -3.32. The number of carbonyl (C=O) groups is 1. The molecule has 2 heterocycles. The van der Waals surface area contributed by atoms with Crippen LogP contribution >= 0.6 is 11.3 Å². The van der Waals surface area contributed by atoms with Crippen molar-refractivity contribution in [2.45, 2.75) is 19.9 Å². The molecule has 28 heavy (non-hydrogen) atoms.